The molecule has 2 heterocycles. The zero-order valence-electron chi connectivity index (χ0n) is 30.8. The summed E-state index contributed by atoms with van der Waals surface area (Å²) in [5.41, 5.74) is 16.7. The van der Waals surface area contributed by atoms with Crippen molar-refractivity contribution in [1.29, 1.82) is 0 Å². The average molecular weight is 693 g/mol. The summed E-state index contributed by atoms with van der Waals surface area (Å²) in [5, 5.41) is 7.48. The molecule has 0 bridgehead atoms. The molecule has 0 amide bonds. The van der Waals surface area contributed by atoms with E-state index in [1.807, 2.05) is 0 Å². The van der Waals surface area contributed by atoms with Crippen molar-refractivity contribution >= 4 is 17.8 Å². The number of benzene rings is 2. The van der Waals surface area contributed by atoms with Gasteiger partial charge in [0.25, 0.3) is 0 Å². The topological polar surface area (TPSA) is 30.5 Å². The largest absolute Gasteiger partial charge is 0.368 e. The highest BCUT2D eigenvalue weighted by molar-refractivity contribution is 5.78. The molecule has 264 valence electrons. The van der Waals surface area contributed by atoms with Crippen LogP contribution < -0.4 is 15.5 Å². The van der Waals surface area contributed by atoms with E-state index in [0.717, 1.165) is 24.8 Å². The van der Waals surface area contributed by atoms with Gasteiger partial charge in [-0.1, -0.05) is 116 Å². The van der Waals surface area contributed by atoms with Gasteiger partial charge in [0.1, 0.15) is 12.3 Å². The maximum atomic E-state index is 4.30. The number of anilines is 1. The second-order valence-corrected chi connectivity index (χ2v) is 15.9. The molecule has 1 saturated carbocycles. The van der Waals surface area contributed by atoms with Crippen molar-refractivity contribution in [3.05, 3.63) is 196 Å². The molecule has 1 fully saturated rings. The third-order valence-corrected chi connectivity index (χ3v) is 12.9. The fourth-order valence-electron chi connectivity index (χ4n) is 10.5. The second-order valence-electron chi connectivity index (χ2n) is 15.9. The average Bonchev–Trinajstić information content (AvgIpc) is 3.20. The molecule has 53 heavy (non-hydrogen) atoms. The Morgan fingerprint density at radius 1 is 0.849 bits per heavy atom. The van der Waals surface area contributed by atoms with Crippen molar-refractivity contribution in [1.82, 2.24) is 15.5 Å². The van der Waals surface area contributed by atoms with Gasteiger partial charge in [-0.05, 0) is 127 Å². The van der Waals surface area contributed by atoms with Crippen molar-refractivity contribution in [2.45, 2.75) is 57.9 Å². The van der Waals surface area contributed by atoms with Crippen LogP contribution in [0.15, 0.2) is 174 Å². The quantitative estimate of drug-likeness (QED) is 0.316. The normalized spacial score (nSPS) is 29.8. The predicted octanol–water partition coefficient (Wildman–Crippen LogP) is 10.3. The highest BCUT2D eigenvalue weighted by Gasteiger charge is 2.48. The minimum atomic E-state index is 0.00584. The Labute approximate surface area is 314 Å². The van der Waals surface area contributed by atoms with Crippen molar-refractivity contribution in [3.63, 3.8) is 0 Å². The molecule has 0 saturated heterocycles. The number of fused-ring (bicyclic) bond motifs is 2. The van der Waals surface area contributed by atoms with Crippen LogP contribution >= 0.6 is 0 Å². The van der Waals surface area contributed by atoms with Crippen molar-refractivity contribution in [2.24, 2.45) is 23.7 Å². The van der Waals surface area contributed by atoms with Crippen molar-refractivity contribution in [3.8, 4) is 0 Å². The van der Waals surface area contributed by atoms with Gasteiger partial charge in [-0.15, -0.1) is 0 Å². The highest BCUT2D eigenvalue weighted by atomic mass is 15.3. The van der Waals surface area contributed by atoms with Crippen LogP contribution in [0.3, 0.4) is 0 Å². The Hall–Kier alpha value is -5.48. The van der Waals surface area contributed by atoms with Crippen LogP contribution in [0.2, 0.25) is 0 Å². The number of rotatable bonds is 6. The first kappa shape index (κ1) is 32.2. The van der Waals surface area contributed by atoms with Gasteiger partial charge in [0.2, 0.25) is 0 Å². The van der Waals surface area contributed by atoms with Crippen LogP contribution in [0, 0.1) is 23.7 Å². The summed E-state index contributed by atoms with van der Waals surface area (Å²) in [6, 6.07) is 16.0. The van der Waals surface area contributed by atoms with Gasteiger partial charge in [-0.25, -0.2) is 0 Å². The highest BCUT2D eigenvalue weighted by Crippen LogP contribution is 2.58. The van der Waals surface area contributed by atoms with Gasteiger partial charge >= 0.3 is 0 Å². The number of nitrogens with one attached hydrogen (secondary N) is 2. The molecule has 2 aromatic carbocycles. The fourth-order valence-corrected chi connectivity index (χ4v) is 10.5. The lowest BCUT2D eigenvalue weighted by Crippen LogP contribution is -2.48. The van der Waals surface area contributed by atoms with E-state index in [0.29, 0.717) is 23.7 Å². The summed E-state index contributed by atoms with van der Waals surface area (Å²) < 4.78 is 0. The smallest absolute Gasteiger partial charge is 0.123 e. The molecule has 4 nitrogen and oxygen atoms in total. The Balaban J connectivity index is 1.14. The summed E-state index contributed by atoms with van der Waals surface area (Å²) in [4.78, 5) is 5.31. The molecule has 0 aromatic heterocycles. The summed E-state index contributed by atoms with van der Waals surface area (Å²) in [7, 11) is 0. The van der Waals surface area contributed by atoms with E-state index >= 15 is 0 Å². The van der Waals surface area contributed by atoms with Gasteiger partial charge in [-0.2, -0.15) is 0 Å². The monoisotopic (exact) mass is 692 g/mol. The molecule has 10 rings (SSSR count). The number of nitrogens with zero attached hydrogens (tertiary/aromatic N) is 2. The van der Waals surface area contributed by atoms with E-state index in [2.05, 4.69) is 181 Å². The lowest BCUT2D eigenvalue weighted by atomic mass is 9.57. The molecule has 6 unspecified atom stereocenters. The summed E-state index contributed by atoms with van der Waals surface area (Å²) >= 11 is 0. The molecule has 2 aliphatic heterocycles. The third-order valence-electron chi connectivity index (χ3n) is 12.9. The Bertz CT molecular complexity index is 2240. The molecule has 2 N–H and O–H groups in total. The van der Waals surface area contributed by atoms with E-state index < -0.39 is 0 Å². The fraction of sp³-hybridized carbons (Fsp3) is 0.265. The van der Waals surface area contributed by atoms with Crippen LogP contribution in [0.5, 0.6) is 0 Å². The van der Waals surface area contributed by atoms with E-state index in [1.54, 1.807) is 11.1 Å². The zero-order valence-corrected chi connectivity index (χ0v) is 30.8. The predicted molar refractivity (Wildman–Crippen MR) is 220 cm³/mol. The molecule has 8 aliphatic rings. The Morgan fingerprint density at radius 2 is 1.68 bits per heavy atom. The second kappa shape index (κ2) is 12.9. The number of allylic oxidation sites excluding steroid dienone is 13. The van der Waals surface area contributed by atoms with Crippen LogP contribution in [-0.4, -0.2) is 17.2 Å². The number of hydrogen-bond acceptors (Lipinski definition) is 4. The van der Waals surface area contributed by atoms with Crippen molar-refractivity contribution < 1.29 is 0 Å². The van der Waals surface area contributed by atoms with E-state index in [-0.39, 0.29) is 18.4 Å². The lowest BCUT2D eigenvalue weighted by Gasteiger charge is -2.52. The first-order valence-corrected chi connectivity index (χ1v) is 19.6. The summed E-state index contributed by atoms with van der Waals surface area (Å²) in [5.74, 6) is 1.68. The van der Waals surface area contributed by atoms with Gasteiger partial charge in [0, 0.05) is 28.8 Å². The van der Waals surface area contributed by atoms with E-state index in [1.165, 1.54) is 56.9 Å². The Morgan fingerprint density at radius 3 is 2.51 bits per heavy atom. The molecule has 2 aromatic rings. The van der Waals surface area contributed by atoms with Crippen molar-refractivity contribution in [2.75, 3.05) is 4.90 Å². The molecule has 0 spiro atoms. The van der Waals surface area contributed by atoms with E-state index in [4.69, 9.17) is 0 Å². The van der Waals surface area contributed by atoms with E-state index in [9.17, 15) is 0 Å². The van der Waals surface area contributed by atoms with Gasteiger partial charge in [-0.3, -0.25) is 0 Å². The third kappa shape index (κ3) is 5.25. The standard InChI is InChI=1S/C49H48N4/c1-31-20-21-39-35(28-31)14-11-17-43(39)53(47-19-7-9-27-51-47)45-30-33(3)37-22-24-40-44(29-32(2)36-23-25-41(45)49(37)48(36)40)52(46-18-6-8-26-50-46)42-16-10-13-34-12-4-5-15-38(34)42/h4-15,17-22,24,26-27,29-30,32,36-37,42,46-47,49-51H,1,16,23,25,28H2,2-3H3/t32-,36?,37?,42?,46?,47?,49?/m0/s1. The van der Waals surface area contributed by atoms with Crippen LogP contribution in [-0.2, 0) is 6.42 Å². The Kier molecular flexibility index (Phi) is 7.82. The first-order valence-electron chi connectivity index (χ1n) is 19.6. The maximum Gasteiger partial charge on any atom is 0.123 e. The van der Waals surface area contributed by atoms with Crippen LogP contribution in [0.25, 0.3) is 12.2 Å². The number of hydrogen-bond donors (Lipinski definition) is 2. The zero-order chi connectivity index (χ0) is 35.6. The minimum Gasteiger partial charge on any atom is -0.368 e. The van der Waals surface area contributed by atoms with Crippen LogP contribution in [0.4, 0.5) is 5.69 Å². The summed E-state index contributed by atoms with van der Waals surface area (Å²) in [6.07, 6.45) is 41.0. The molecule has 6 aliphatic carbocycles. The molecule has 7 atom stereocenters. The minimum absolute atomic E-state index is 0.00584. The van der Waals surface area contributed by atoms with Crippen LogP contribution in [0.1, 0.15) is 61.4 Å². The maximum absolute atomic E-state index is 4.30. The SMILES string of the molecule is C=C1C=Cc2c(cccc2N(C2=C3CCC4C5=C(C=CC(C(C)=C2)C35)C(N(C2C=CC=CN2)C2CC=Cc3ccccc32)=C[C@@H]4C)C2C=CC=CN2)C1. The van der Waals surface area contributed by atoms with Gasteiger partial charge < -0.3 is 20.4 Å². The summed E-state index contributed by atoms with van der Waals surface area (Å²) in [6.45, 7) is 9.15. The van der Waals surface area contributed by atoms with Gasteiger partial charge in [0.05, 0.1) is 11.7 Å². The lowest BCUT2D eigenvalue weighted by molar-refractivity contribution is 0.193. The molecule has 4 heteroatoms. The molecule has 0 radical (unpaired) electrons. The van der Waals surface area contributed by atoms with Gasteiger partial charge in [0.15, 0.2) is 0 Å². The number of dihydropyridines is 2. The molecular weight excluding hydrogens is 645 g/mol. The first-order chi connectivity index (χ1) is 26.0. The molecular formula is C49H48N4.